The van der Waals surface area contributed by atoms with Crippen LogP contribution in [0.2, 0.25) is 0 Å². The molecule has 2 atom stereocenters. The van der Waals surface area contributed by atoms with Gasteiger partial charge in [0.1, 0.15) is 11.9 Å². The number of hydrogen-bond acceptors (Lipinski definition) is 3. The molecule has 114 valence electrons. The van der Waals surface area contributed by atoms with Gasteiger partial charge in [-0.2, -0.15) is 0 Å². The number of carboxylic acid groups (broad SMARTS) is 1. The molecule has 5 nitrogen and oxygen atoms in total. The minimum Gasteiger partial charge on any atom is -0.480 e. The second-order valence-corrected chi connectivity index (χ2v) is 5.21. The molecule has 21 heavy (non-hydrogen) atoms. The predicted octanol–water partition coefficient (Wildman–Crippen LogP) is 1.71. The number of likely N-dealkylation sites (tertiary alicyclic amines) is 1. The summed E-state index contributed by atoms with van der Waals surface area (Å²) in [5, 5.41) is 19.1. The predicted molar refractivity (Wildman–Crippen MR) is 73.0 cm³/mol. The third kappa shape index (κ3) is 3.78. The van der Waals surface area contributed by atoms with Crippen molar-refractivity contribution in [2.24, 2.45) is 0 Å². The van der Waals surface area contributed by atoms with Crippen LogP contribution in [0.15, 0.2) is 24.3 Å². The van der Waals surface area contributed by atoms with Crippen molar-refractivity contribution < 1.29 is 24.2 Å². The van der Waals surface area contributed by atoms with E-state index in [1.54, 1.807) is 0 Å². The van der Waals surface area contributed by atoms with E-state index in [4.69, 9.17) is 5.11 Å². The highest BCUT2D eigenvalue weighted by Gasteiger charge is 2.32. The normalized spacial score (nSPS) is 20.1. The third-order valence-corrected chi connectivity index (χ3v) is 3.71. The molecule has 0 aliphatic carbocycles. The van der Waals surface area contributed by atoms with Gasteiger partial charge in [0.2, 0.25) is 5.91 Å². The molecule has 0 saturated carbocycles. The second kappa shape index (κ2) is 6.67. The zero-order valence-corrected chi connectivity index (χ0v) is 11.5. The van der Waals surface area contributed by atoms with Crippen LogP contribution in [0.1, 0.15) is 37.4 Å². The number of rotatable bonds is 4. The molecule has 0 radical (unpaired) electrons. The van der Waals surface area contributed by atoms with E-state index >= 15 is 0 Å². The van der Waals surface area contributed by atoms with Gasteiger partial charge in [0, 0.05) is 6.54 Å². The molecule has 0 bridgehead atoms. The third-order valence-electron chi connectivity index (χ3n) is 3.71. The van der Waals surface area contributed by atoms with E-state index in [-0.39, 0.29) is 6.42 Å². The Labute approximate surface area is 122 Å². The molecule has 1 aromatic rings. The molecule has 0 aromatic heterocycles. The number of nitrogens with zero attached hydrogens (tertiary/aromatic N) is 1. The van der Waals surface area contributed by atoms with Crippen molar-refractivity contribution in [2.45, 2.75) is 37.8 Å². The first kappa shape index (κ1) is 15.4. The maximum absolute atomic E-state index is 13.1. The number of carboxylic acids is 1. The number of amides is 1. The Balaban J connectivity index is 2.04. The van der Waals surface area contributed by atoms with Crippen molar-refractivity contribution >= 4 is 11.9 Å². The number of halogens is 1. The number of aliphatic carboxylic acids is 1. The zero-order valence-electron chi connectivity index (χ0n) is 11.5. The van der Waals surface area contributed by atoms with E-state index in [2.05, 4.69) is 0 Å². The van der Waals surface area contributed by atoms with E-state index in [0.717, 1.165) is 12.8 Å². The van der Waals surface area contributed by atoms with Gasteiger partial charge in [-0.3, -0.25) is 4.79 Å². The van der Waals surface area contributed by atoms with Gasteiger partial charge in [-0.25, -0.2) is 9.18 Å². The molecule has 0 spiro atoms. The average molecular weight is 295 g/mol. The molecule has 1 saturated heterocycles. The monoisotopic (exact) mass is 295 g/mol. The lowest BCUT2D eigenvalue weighted by atomic mass is 10.00. The van der Waals surface area contributed by atoms with E-state index in [0.29, 0.717) is 18.5 Å². The Bertz CT molecular complexity index is 534. The molecule has 1 aliphatic rings. The Morgan fingerprint density at radius 1 is 1.38 bits per heavy atom. The summed E-state index contributed by atoms with van der Waals surface area (Å²) >= 11 is 0. The molecular formula is C15H18FNO4. The van der Waals surface area contributed by atoms with Crippen molar-refractivity contribution in [2.75, 3.05) is 6.54 Å². The van der Waals surface area contributed by atoms with Gasteiger partial charge < -0.3 is 15.1 Å². The summed E-state index contributed by atoms with van der Waals surface area (Å²) < 4.78 is 13.1. The van der Waals surface area contributed by atoms with Crippen LogP contribution in [0.3, 0.4) is 0 Å². The fourth-order valence-corrected chi connectivity index (χ4v) is 2.60. The first-order valence-electron chi connectivity index (χ1n) is 6.95. The minimum absolute atomic E-state index is 0.243. The number of piperidine rings is 1. The van der Waals surface area contributed by atoms with E-state index in [1.807, 2.05) is 0 Å². The van der Waals surface area contributed by atoms with Crippen molar-refractivity contribution in [3.63, 3.8) is 0 Å². The molecular weight excluding hydrogens is 277 g/mol. The number of aliphatic hydroxyl groups excluding tert-OH is 1. The highest BCUT2D eigenvalue weighted by Crippen LogP contribution is 2.23. The van der Waals surface area contributed by atoms with Gasteiger partial charge in [0.25, 0.3) is 0 Å². The number of carbonyl (C=O) groups excluding carboxylic acids is 1. The summed E-state index contributed by atoms with van der Waals surface area (Å²) in [7, 11) is 0. The first-order chi connectivity index (χ1) is 9.99. The first-order valence-corrected chi connectivity index (χ1v) is 6.95. The molecule has 1 fully saturated rings. The molecule has 2 N–H and O–H groups in total. The Hall–Kier alpha value is -1.95. The lowest BCUT2D eigenvalue weighted by molar-refractivity contribution is -0.153. The summed E-state index contributed by atoms with van der Waals surface area (Å²) in [4.78, 5) is 24.7. The molecule has 0 unspecified atom stereocenters. The average Bonchev–Trinajstić information content (AvgIpc) is 2.47. The van der Waals surface area contributed by atoms with Crippen LogP contribution in [0, 0.1) is 5.82 Å². The fraction of sp³-hybridized carbons (Fsp3) is 0.467. The number of aliphatic hydroxyl groups is 1. The highest BCUT2D eigenvalue weighted by atomic mass is 19.1. The van der Waals surface area contributed by atoms with E-state index < -0.39 is 29.8 Å². The molecule has 1 aliphatic heterocycles. The number of carbonyl (C=O) groups is 2. The van der Waals surface area contributed by atoms with Crippen molar-refractivity contribution in [3.8, 4) is 0 Å². The lowest BCUT2D eigenvalue weighted by Crippen LogP contribution is -2.48. The summed E-state index contributed by atoms with van der Waals surface area (Å²) in [5.74, 6) is -1.93. The number of benzene rings is 1. The zero-order chi connectivity index (χ0) is 15.4. The molecule has 2 rings (SSSR count). The SMILES string of the molecule is O=C(O)[C@@H]1CCCCN1C(=O)C[C@H](O)c1cccc(F)c1. The maximum Gasteiger partial charge on any atom is 0.326 e. The fourth-order valence-electron chi connectivity index (χ4n) is 2.60. The van der Waals surface area contributed by atoms with Gasteiger partial charge >= 0.3 is 5.97 Å². The summed E-state index contributed by atoms with van der Waals surface area (Å²) in [5.41, 5.74) is 0.312. The highest BCUT2D eigenvalue weighted by molar-refractivity contribution is 5.84. The van der Waals surface area contributed by atoms with Crippen molar-refractivity contribution in [3.05, 3.63) is 35.6 Å². The van der Waals surface area contributed by atoms with Crippen LogP contribution in [0.25, 0.3) is 0 Å². The molecule has 1 aromatic carbocycles. The van der Waals surface area contributed by atoms with Gasteiger partial charge in [-0.1, -0.05) is 12.1 Å². The Kier molecular flexibility index (Phi) is 4.90. The van der Waals surface area contributed by atoms with Crippen molar-refractivity contribution in [1.29, 1.82) is 0 Å². The summed E-state index contributed by atoms with van der Waals surface area (Å²) in [6, 6.07) is 4.59. The van der Waals surface area contributed by atoms with Gasteiger partial charge in [-0.15, -0.1) is 0 Å². The Morgan fingerprint density at radius 2 is 2.14 bits per heavy atom. The smallest absolute Gasteiger partial charge is 0.326 e. The topological polar surface area (TPSA) is 77.8 Å². The van der Waals surface area contributed by atoms with Crippen LogP contribution in [-0.4, -0.2) is 39.6 Å². The van der Waals surface area contributed by atoms with Crippen LogP contribution in [0.4, 0.5) is 4.39 Å². The second-order valence-electron chi connectivity index (χ2n) is 5.21. The molecule has 1 heterocycles. The van der Waals surface area contributed by atoms with Crippen molar-refractivity contribution in [1.82, 2.24) is 4.90 Å². The Morgan fingerprint density at radius 3 is 2.81 bits per heavy atom. The lowest BCUT2D eigenvalue weighted by Gasteiger charge is -2.33. The van der Waals surface area contributed by atoms with Crippen LogP contribution >= 0.6 is 0 Å². The van der Waals surface area contributed by atoms with Gasteiger partial charge in [-0.05, 0) is 37.0 Å². The molecule has 6 heteroatoms. The maximum atomic E-state index is 13.1. The summed E-state index contributed by atoms with van der Waals surface area (Å²) in [6.45, 7) is 0.381. The van der Waals surface area contributed by atoms with Crippen LogP contribution in [-0.2, 0) is 9.59 Å². The van der Waals surface area contributed by atoms with Crippen LogP contribution < -0.4 is 0 Å². The standard InChI is InChI=1S/C15H18FNO4/c16-11-5-3-4-10(8-11)13(18)9-14(19)17-7-2-1-6-12(17)15(20)21/h3-5,8,12-13,18H,1-2,6-7,9H2,(H,20,21)/t12-,13-/m0/s1. The van der Waals surface area contributed by atoms with Gasteiger partial charge in [0.05, 0.1) is 12.5 Å². The van der Waals surface area contributed by atoms with Crippen LogP contribution in [0.5, 0.6) is 0 Å². The van der Waals surface area contributed by atoms with E-state index in [9.17, 15) is 19.1 Å². The number of hydrogen-bond donors (Lipinski definition) is 2. The summed E-state index contributed by atoms with van der Waals surface area (Å²) in [6.07, 6.45) is 0.577. The molecule has 1 amide bonds. The van der Waals surface area contributed by atoms with Gasteiger partial charge in [0.15, 0.2) is 0 Å². The quantitative estimate of drug-likeness (QED) is 0.886. The van der Waals surface area contributed by atoms with E-state index in [1.165, 1.54) is 29.2 Å². The largest absolute Gasteiger partial charge is 0.480 e. The minimum atomic E-state index is -1.13.